The Kier molecular flexibility index (Phi) is 5.26. The first-order valence-corrected chi connectivity index (χ1v) is 10.9. The molecule has 0 aliphatic carbocycles. The number of Topliss-reactive ketones (excluding diaryl/α,β-unsaturated/α-hetero) is 1. The van der Waals surface area contributed by atoms with E-state index in [0.29, 0.717) is 13.0 Å². The number of rotatable bonds is 5. The van der Waals surface area contributed by atoms with Crippen LogP contribution in [0.4, 0.5) is 0 Å². The van der Waals surface area contributed by atoms with Gasteiger partial charge in [0.05, 0.1) is 11.6 Å². The van der Waals surface area contributed by atoms with E-state index < -0.39 is 17.7 Å². The number of aryl methyl sites for hydroxylation is 1. The SMILES string of the molecule is Cc1ccc(C2C(=C(O)c3ccccn3)C(=O)C(=O)N2CCc2c[nH]c3ccccc23)cc1. The van der Waals surface area contributed by atoms with Crippen molar-refractivity contribution in [1.29, 1.82) is 0 Å². The molecule has 1 fully saturated rings. The number of carbonyl (C=O) groups is 2. The van der Waals surface area contributed by atoms with Crippen LogP contribution in [-0.4, -0.2) is 38.2 Å². The van der Waals surface area contributed by atoms with Gasteiger partial charge in [0, 0.05) is 29.8 Å². The Balaban J connectivity index is 1.56. The van der Waals surface area contributed by atoms with Crippen molar-refractivity contribution in [2.45, 2.75) is 19.4 Å². The molecule has 1 aliphatic rings. The third-order valence-corrected chi connectivity index (χ3v) is 6.14. The van der Waals surface area contributed by atoms with Gasteiger partial charge in [-0.2, -0.15) is 0 Å². The Morgan fingerprint density at radius 1 is 1.03 bits per heavy atom. The lowest BCUT2D eigenvalue weighted by Gasteiger charge is -2.25. The van der Waals surface area contributed by atoms with Crippen molar-refractivity contribution in [3.63, 3.8) is 0 Å². The molecule has 2 N–H and O–H groups in total. The number of carbonyl (C=O) groups excluding carboxylic acids is 2. The van der Waals surface area contributed by atoms with Crippen molar-refractivity contribution < 1.29 is 14.7 Å². The number of hydrogen-bond acceptors (Lipinski definition) is 4. The number of aliphatic hydroxyl groups is 1. The largest absolute Gasteiger partial charge is 0.505 e. The van der Waals surface area contributed by atoms with Crippen molar-refractivity contribution in [2.75, 3.05) is 6.54 Å². The highest BCUT2D eigenvalue weighted by Crippen LogP contribution is 2.39. The second-order valence-corrected chi connectivity index (χ2v) is 8.23. The number of amides is 1. The normalized spacial score (nSPS) is 17.7. The number of aromatic amines is 1. The predicted molar refractivity (Wildman–Crippen MR) is 126 cm³/mol. The Hall–Kier alpha value is -4.19. The molecule has 0 saturated carbocycles. The lowest BCUT2D eigenvalue weighted by molar-refractivity contribution is -0.139. The highest BCUT2D eigenvalue weighted by atomic mass is 16.3. The smallest absolute Gasteiger partial charge is 0.295 e. The van der Waals surface area contributed by atoms with Crippen molar-refractivity contribution in [3.05, 3.63) is 107 Å². The van der Waals surface area contributed by atoms with E-state index in [1.54, 1.807) is 29.3 Å². The average Bonchev–Trinajstić information content (AvgIpc) is 3.37. The van der Waals surface area contributed by atoms with Crippen LogP contribution < -0.4 is 0 Å². The molecule has 1 aliphatic heterocycles. The van der Waals surface area contributed by atoms with Crippen molar-refractivity contribution in [2.24, 2.45) is 0 Å². The van der Waals surface area contributed by atoms with E-state index in [2.05, 4.69) is 9.97 Å². The van der Waals surface area contributed by atoms with Gasteiger partial charge in [0.25, 0.3) is 11.7 Å². The number of benzene rings is 2. The van der Waals surface area contributed by atoms with Crippen molar-refractivity contribution >= 4 is 28.4 Å². The number of aromatic nitrogens is 2. The third kappa shape index (κ3) is 3.69. The van der Waals surface area contributed by atoms with Crippen LogP contribution >= 0.6 is 0 Å². The molecule has 6 nitrogen and oxygen atoms in total. The topological polar surface area (TPSA) is 86.3 Å². The molecule has 1 unspecified atom stereocenters. The van der Waals surface area contributed by atoms with E-state index in [9.17, 15) is 14.7 Å². The lowest BCUT2D eigenvalue weighted by Crippen LogP contribution is -2.31. The number of ketones is 1. The molecular formula is C27H23N3O3. The number of hydrogen-bond donors (Lipinski definition) is 2. The molecule has 0 spiro atoms. The summed E-state index contributed by atoms with van der Waals surface area (Å²) in [4.78, 5) is 35.2. The van der Waals surface area contributed by atoms with Crippen molar-refractivity contribution in [3.8, 4) is 0 Å². The summed E-state index contributed by atoms with van der Waals surface area (Å²) in [7, 11) is 0. The number of nitrogens with one attached hydrogen (secondary N) is 1. The molecule has 4 aromatic rings. The van der Waals surface area contributed by atoms with Gasteiger partial charge in [0.15, 0.2) is 5.76 Å². The summed E-state index contributed by atoms with van der Waals surface area (Å²) in [6.07, 6.45) is 4.06. The average molecular weight is 437 g/mol. The van der Waals surface area contributed by atoms with Crippen LogP contribution in [0, 0.1) is 6.92 Å². The predicted octanol–water partition coefficient (Wildman–Crippen LogP) is 4.54. The van der Waals surface area contributed by atoms with Gasteiger partial charge in [-0.1, -0.05) is 54.1 Å². The third-order valence-electron chi connectivity index (χ3n) is 6.14. The Morgan fingerprint density at radius 2 is 1.79 bits per heavy atom. The zero-order chi connectivity index (χ0) is 22.9. The summed E-state index contributed by atoms with van der Waals surface area (Å²) >= 11 is 0. The standard InChI is InChI=1S/C27H23N3O3/c1-17-9-11-18(12-10-17)24-23(25(31)22-8-4-5-14-28-22)26(32)27(33)30(24)15-13-19-16-29-21-7-3-2-6-20(19)21/h2-12,14,16,24,29,31H,13,15H2,1H3. The molecule has 2 aromatic heterocycles. The fourth-order valence-electron chi connectivity index (χ4n) is 4.43. The lowest BCUT2D eigenvalue weighted by atomic mass is 9.95. The highest BCUT2D eigenvalue weighted by molar-refractivity contribution is 6.46. The molecule has 164 valence electrons. The molecule has 0 radical (unpaired) electrons. The van der Waals surface area contributed by atoms with Gasteiger partial charge in [0.1, 0.15) is 5.69 Å². The van der Waals surface area contributed by atoms with E-state index in [1.165, 1.54) is 0 Å². The van der Waals surface area contributed by atoms with Crippen LogP contribution in [0.1, 0.15) is 28.4 Å². The zero-order valence-corrected chi connectivity index (χ0v) is 18.2. The first-order valence-electron chi connectivity index (χ1n) is 10.9. The quantitative estimate of drug-likeness (QED) is 0.273. The van der Waals surface area contributed by atoms with Gasteiger partial charge in [-0.15, -0.1) is 0 Å². The fraction of sp³-hybridized carbons (Fsp3) is 0.148. The van der Waals surface area contributed by atoms with E-state index in [0.717, 1.165) is 27.6 Å². The van der Waals surface area contributed by atoms with Crippen LogP contribution in [0.3, 0.4) is 0 Å². The number of pyridine rings is 1. The number of likely N-dealkylation sites (tertiary alicyclic amines) is 1. The first-order chi connectivity index (χ1) is 16.0. The monoisotopic (exact) mass is 437 g/mol. The van der Waals surface area contributed by atoms with Crippen LogP contribution in [0.2, 0.25) is 0 Å². The fourth-order valence-corrected chi connectivity index (χ4v) is 4.43. The molecule has 6 heteroatoms. The van der Waals surface area contributed by atoms with E-state index >= 15 is 0 Å². The minimum absolute atomic E-state index is 0.0708. The molecule has 5 rings (SSSR count). The van der Waals surface area contributed by atoms with Gasteiger partial charge in [0.2, 0.25) is 0 Å². The summed E-state index contributed by atoms with van der Waals surface area (Å²) < 4.78 is 0. The molecule has 0 bridgehead atoms. The summed E-state index contributed by atoms with van der Waals surface area (Å²) in [5, 5.41) is 12.1. The summed E-state index contributed by atoms with van der Waals surface area (Å²) in [6.45, 7) is 2.32. The summed E-state index contributed by atoms with van der Waals surface area (Å²) in [5.74, 6) is -1.56. The second-order valence-electron chi connectivity index (χ2n) is 8.23. The molecule has 33 heavy (non-hydrogen) atoms. The minimum Gasteiger partial charge on any atom is -0.505 e. The number of fused-ring (bicyclic) bond motifs is 1. The maximum Gasteiger partial charge on any atom is 0.295 e. The molecule has 2 aromatic carbocycles. The van der Waals surface area contributed by atoms with Crippen LogP contribution in [0.5, 0.6) is 0 Å². The van der Waals surface area contributed by atoms with E-state index in [4.69, 9.17) is 0 Å². The number of para-hydroxylation sites is 1. The maximum absolute atomic E-state index is 13.1. The number of aliphatic hydroxyl groups excluding tert-OH is 1. The molecular weight excluding hydrogens is 414 g/mol. The summed E-state index contributed by atoms with van der Waals surface area (Å²) in [6, 6.07) is 20.1. The minimum atomic E-state index is -0.692. The van der Waals surface area contributed by atoms with Crippen LogP contribution in [-0.2, 0) is 16.0 Å². The van der Waals surface area contributed by atoms with Crippen LogP contribution in [0.25, 0.3) is 16.7 Å². The number of nitrogens with zero attached hydrogens (tertiary/aromatic N) is 2. The van der Waals surface area contributed by atoms with Gasteiger partial charge in [-0.25, -0.2) is 0 Å². The maximum atomic E-state index is 13.1. The van der Waals surface area contributed by atoms with E-state index in [1.807, 2.05) is 61.7 Å². The van der Waals surface area contributed by atoms with Crippen molar-refractivity contribution in [1.82, 2.24) is 14.9 Å². The van der Waals surface area contributed by atoms with Crippen LogP contribution in [0.15, 0.2) is 84.7 Å². The summed E-state index contributed by atoms with van der Waals surface area (Å²) in [5.41, 5.74) is 4.28. The first kappa shape index (κ1) is 20.7. The van der Waals surface area contributed by atoms with Gasteiger partial charge < -0.3 is 15.0 Å². The second kappa shape index (κ2) is 8.39. The number of H-pyrrole nitrogens is 1. The van der Waals surface area contributed by atoms with Gasteiger partial charge in [-0.05, 0) is 42.7 Å². The molecule has 1 saturated heterocycles. The Morgan fingerprint density at radius 3 is 2.55 bits per heavy atom. The van der Waals surface area contributed by atoms with Gasteiger partial charge >= 0.3 is 0 Å². The Bertz CT molecular complexity index is 1370. The van der Waals surface area contributed by atoms with E-state index in [-0.39, 0.29) is 17.0 Å². The molecule has 3 heterocycles. The zero-order valence-electron chi connectivity index (χ0n) is 18.2. The van der Waals surface area contributed by atoms with Gasteiger partial charge in [-0.3, -0.25) is 14.6 Å². The Labute approximate surface area is 191 Å². The molecule has 1 amide bonds. The highest BCUT2D eigenvalue weighted by Gasteiger charge is 2.46. The molecule has 1 atom stereocenters.